The third-order valence-electron chi connectivity index (χ3n) is 2.47. The third kappa shape index (κ3) is 2.14. The van der Waals surface area contributed by atoms with Gasteiger partial charge >= 0.3 is 0 Å². The van der Waals surface area contributed by atoms with Crippen LogP contribution in [0.1, 0.15) is 11.1 Å². The van der Waals surface area contributed by atoms with E-state index in [9.17, 15) is 9.90 Å². The minimum absolute atomic E-state index is 0.00541. The highest BCUT2D eigenvalue weighted by Gasteiger charge is 2.00. The van der Waals surface area contributed by atoms with E-state index in [0.29, 0.717) is 6.54 Å². The number of phenols is 1. The van der Waals surface area contributed by atoms with Crippen molar-refractivity contribution in [1.82, 2.24) is 4.57 Å². The number of aromatic nitrogens is 1. The molecule has 3 heteroatoms. The molecule has 16 heavy (non-hydrogen) atoms. The van der Waals surface area contributed by atoms with E-state index in [1.54, 1.807) is 42.0 Å². The van der Waals surface area contributed by atoms with Crippen LogP contribution in [0.15, 0.2) is 47.4 Å². The fourth-order valence-corrected chi connectivity index (χ4v) is 1.63. The zero-order valence-corrected chi connectivity index (χ0v) is 9.05. The van der Waals surface area contributed by atoms with Crippen LogP contribution in [-0.4, -0.2) is 9.67 Å². The standard InChI is InChI=1S/C13H13NO2/c1-10-4-3-7-14(13(10)16)9-11-5-2-6-12(15)8-11/h2-8,15H,9H2,1H3. The Morgan fingerprint density at radius 2 is 2.06 bits per heavy atom. The van der Waals surface area contributed by atoms with E-state index in [-0.39, 0.29) is 11.3 Å². The van der Waals surface area contributed by atoms with Crippen LogP contribution in [0.4, 0.5) is 0 Å². The molecule has 82 valence electrons. The SMILES string of the molecule is Cc1cccn(Cc2cccc(O)c2)c1=O. The Morgan fingerprint density at radius 3 is 2.81 bits per heavy atom. The second kappa shape index (κ2) is 4.23. The quantitative estimate of drug-likeness (QED) is 0.831. The summed E-state index contributed by atoms with van der Waals surface area (Å²) in [6.07, 6.45) is 1.75. The maximum Gasteiger partial charge on any atom is 0.253 e. The van der Waals surface area contributed by atoms with Gasteiger partial charge in [0.1, 0.15) is 5.75 Å². The van der Waals surface area contributed by atoms with Gasteiger partial charge in [-0.3, -0.25) is 4.79 Å². The molecule has 0 aliphatic heterocycles. The van der Waals surface area contributed by atoms with Gasteiger partial charge in [0.15, 0.2) is 0 Å². The van der Waals surface area contributed by atoms with Gasteiger partial charge in [-0.2, -0.15) is 0 Å². The number of aryl methyl sites for hydroxylation is 1. The van der Waals surface area contributed by atoms with Gasteiger partial charge in [-0.15, -0.1) is 0 Å². The summed E-state index contributed by atoms with van der Waals surface area (Å²) in [6, 6.07) is 10.6. The predicted molar refractivity (Wildman–Crippen MR) is 62.6 cm³/mol. The third-order valence-corrected chi connectivity index (χ3v) is 2.47. The van der Waals surface area contributed by atoms with E-state index in [0.717, 1.165) is 11.1 Å². The van der Waals surface area contributed by atoms with Gasteiger partial charge in [0.05, 0.1) is 6.54 Å². The van der Waals surface area contributed by atoms with Crippen LogP contribution in [0.2, 0.25) is 0 Å². The van der Waals surface area contributed by atoms with Crippen LogP contribution in [-0.2, 0) is 6.54 Å². The first-order chi connectivity index (χ1) is 7.66. The van der Waals surface area contributed by atoms with Crippen LogP contribution >= 0.6 is 0 Å². The van der Waals surface area contributed by atoms with Crippen molar-refractivity contribution in [2.24, 2.45) is 0 Å². The summed E-state index contributed by atoms with van der Waals surface area (Å²) in [4.78, 5) is 11.8. The van der Waals surface area contributed by atoms with Crippen molar-refractivity contribution in [1.29, 1.82) is 0 Å². The minimum atomic E-state index is 0.00541. The molecule has 0 aliphatic carbocycles. The molecule has 0 spiro atoms. The smallest absolute Gasteiger partial charge is 0.253 e. The lowest BCUT2D eigenvalue weighted by atomic mass is 10.2. The summed E-state index contributed by atoms with van der Waals surface area (Å²) in [7, 11) is 0. The number of hydrogen-bond acceptors (Lipinski definition) is 2. The van der Waals surface area contributed by atoms with Crippen molar-refractivity contribution in [3.8, 4) is 5.75 Å². The molecule has 3 nitrogen and oxygen atoms in total. The highest BCUT2D eigenvalue weighted by Crippen LogP contribution is 2.11. The van der Waals surface area contributed by atoms with Crippen molar-refractivity contribution < 1.29 is 5.11 Å². The molecule has 2 rings (SSSR count). The van der Waals surface area contributed by atoms with E-state index < -0.39 is 0 Å². The second-order valence-electron chi connectivity index (χ2n) is 3.79. The maximum absolute atomic E-state index is 11.8. The van der Waals surface area contributed by atoms with E-state index >= 15 is 0 Å². The molecule has 0 unspecified atom stereocenters. The zero-order chi connectivity index (χ0) is 11.5. The lowest BCUT2D eigenvalue weighted by Crippen LogP contribution is -2.21. The number of rotatable bonds is 2. The second-order valence-corrected chi connectivity index (χ2v) is 3.79. The van der Waals surface area contributed by atoms with Gasteiger partial charge in [-0.05, 0) is 30.7 Å². The zero-order valence-electron chi connectivity index (χ0n) is 9.05. The molecule has 0 bridgehead atoms. The topological polar surface area (TPSA) is 42.2 Å². The summed E-state index contributed by atoms with van der Waals surface area (Å²) in [5.74, 6) is 0.221. The van der Waals surface area contributed by atoms with Crippen molar-refractivity contribution in [2.45, 2.75) is 13.5 Å². The molecule has 0 atom stereocenters. The maximum atomic E-state index is 11.8. The molecular weight excluding hydrogens is 202 g/mol. The summed E-state index contributed by atoms with van der Waals surface area (Å²) in [5.41, 5.74) is 1.64. The summed E-state index contributed by atoms with van der Waals surface area (Å²) in [6.45, 7) is 2.27. The molecular formula is C13H13NO2. The first-order valence-electron chi connectivity index (χ1n) is 5.11. The molecule has 1 aromatic heterocycles. The Bertz CT molecular complexity index is 558. The van der Waals surface area contributed by atoms with Gasteiger partial charge in [-0.25, -0.2) is 0 Å². The lowest BCUT2D eigenvalue weighted by Gasteiger charge is -2.06. The van der Waals surface area contributed by atoms with Gasteiger partial charge < -0.3 is 9.67 Å². The van der Waals surface area contributed by atoms with Crippen molar-refractivity contribution >= 4 is 0 Å². The molecule has 1 heterocycles. The van der Waals surface area contributed by atoms with Crippen LogP contribution in [0.25, 0.3) is 0 Å². The van der Waals surface area contributed by atoms with Crippen molar-refractivity contribution in [3.63, 3.8) is 0 Å². The summed E-state index contributed by atoms with van der Waals surface area (Å²) < 4.78 is 1.63. The van der Waals surface area contributed by atoms with E-state index in [1.807, 2.05) is 12.1 Å². The first-order valence-corrected chi connectivity index (χ1v) is 5.11. The Balaban J connectivity index is 2.34. The molecule has 0 saturated heterocycles. The van der Waals surface area contributed by atoms with E-state index in [2.05, 4.69) is 0 Å². The van der Waals surface area contributed by atoms with Crippen molar-refractivity contribution in [2.75, 3.05) is 0 Å². The number of hydrogen-bond donors (Lipinski definition) is 1. The molecule has 0 fully saturated rings. The summed E-state index contributed by atoms with van der Waals surface area (Å²) in [5, 5.41) is 9.33. The summed E-state index contributed by atoms with van der Waals surface area (Å²) >= 11 is 0. The number of pyridine rings is 1. The number of nitrogens with zero attached hydrogens (tertiary/aromatic N) is 1. The van der Waals surface area contributed by atoms with E-state index in [4.69, 9.17) is 0 Å². The Labute approximate surface area is 93.6 Å². The van der Waals surface area contributed by atoms with Gasteiger partial charge in [0.2, 0.25) is 0 Å². The predicted octanol–water partition coefficient (Wildman–Crippen LogP) is 1.91. The molecule has 0 aliphatic rings. The molecule has 0 amide bonds. The van der Waals surface area contributed by atoms with Crippen LogP contribution < -0.4 is 5.56 Å². The van der Waals surface area contributed by atoms with Gasteiger partial charge in [-0.1, -0.05) is 18.2 Å². The normalized spacial score (nSPS) is 10.3. The van der Waals surface area contributed by atoms with Crippen molar-refractivity contribution in [3.05, 3.63) is 64.1 Å². The van der Waals surface area contributed by atoms with Gasteiger partial charge in [0.25, 0.3) is 5.56 Å². The molecule has 1 aromatic carbocycles. The average Bonchev–Trinajstić information content (AvgIpc) is 2.25. The largest absolute Gasteiger partial charge is 0.508 e. The number of phenolic OH excluding ortho intramolecular Hbond substituents is 1. The fraction of sp³-hybridized carbons (Fsp3) is 0.154. The Morgan fingerprint density at radius 1 is 1.25 bits per heavy atom. The van der Waals surface area contributed by atoms with Crippen LogP contribution in [0.3, 0.4) is 0 Å². The monoisotopic (exact) mass is 215 g/mol. The average molecular weight is 215 g/mol. The first kappa shape index (κ1) is 10.5. The molecule has 0 saturated carbocycles. The minimum Gasteiger partial charge on any atom is -0.508 e. The number of benzene rings is 1. The number of aromatic hydroxyl groups is 1. The fourth-order valence-electron chi connectivity index (χ4n) is 1.63. The lowest BCUT2D eigenvalue weighted by molar-refractivity contribution is 0.474. The van der Waals surface area contributed by atoms with Gasteiger partial charge in [0, 0.05) is 11.8 Å². The highest BCUT2D eigenvalue weighted by atomic mass is 16.3. The molecule has 2 aromatic rings. The highest BCUT2D eigenvalue weighted by molar-refractivity contribution is 5.27. The molecule has 0 radical (unpaired) electrons. The van der Waals surface area contributed by atoms with E-state index in [1.165, 1.54) is 0 Å². The molecule has 1 N–H and O–H groups in total. The Kier molecular flexibility index (Phi) is 2.77. The Hall–Kier alpha value is -2.03. The van der Waals surface area contributed by atoms with Crippen LogP contribution in [0, 0.1) is 6.92 Å². The van der Waals surface area contributed by atoms with Crippen LogP contribution in [0.5, 0.6) is 5.75 Å².